The van der Waals surface area contributed by atoms with Crippen molar-refractivity contribution >= 4 is 10.1 Å². The molecule has 0 saturated heterocycles. The fourth-order valence-electron chi connectivity index (χ4n) is 1.53. The maximum atomic E-state index is 12.5. The Kier molecular flexibility index (Phi) is 3.37. The maximum absolute atomic E-state index is 12.5. The van der Waals surface area contributed by atoms with Crippen molar-refractivity contribution in [3.8, 4) is 0 Å². The molecule has 1 saturated carbocycles. The first kappa shape index (κ1) is 13.4. The van der Waals surface area contributed by atoms with Crippen LogP contribution in [0.5, 0.6) is 0 Å². The summed E-state index contributed by atoms with van der Waals surface area (Å²) in [5.41, 5.74) is -0.999. The van der Waals surface area contributed by atoms with Crippen molar-refractivity contribution in [2.45, 2.75) is 36.4 Å². The minimum Gasteiger partial charge on any atom is -0.263 e. The molecule has 0 atom stereocenters. The van der Waals surface area contributed by atoms with Crippen LogP contribution in [-0.2, 0) is 20.5 Å². The molecule has 2 rings (SSSR count). The smallest absolute Gasteiger partial charge is 0.263 e. The van der Waals surface area contributed by atoms with Crippen LogP contribution in [0.1, 0.15) is 24.8 Å². The van der Waals surface area contributed by atoms with Gasteiger partial charge in [0.05, 0.1) is 16.6 Å². The van der Waals surface area contributed by atoms with E-state index in [4.69, 9.17) is 4.18 Å². The monoisotopic (exact) mass is 280 g/mol. The first-order valence-corrected chi connectivity index (χ1v) is 6.80. The Morgan fingerprint density at radius 3 is 2.39 bits per heavy atom. The van der Waals surface area contributed by atoms with Gasteiger partial charge in [-0.15, -0.1) is 0 Å². The van der Waals surface area contributed by atoms with E-state index in [-0.39, 0.29) is 0 Å². The van der Waals surface area contributed by atoms with E-state index in [2.05, 4.69) is 0 Å². The lowest BCUT2D eigenvalue weighted by Crippen LogP contribution is -2.25. The van der Waals surface area contributed by atoms with Gasteiger partial charge in [0.15, 0.2) is 0 Å². The second-order valence-electron chi connectivity index (χ2n) is 4.13. The Morgan fingerprint density at radius 1 is 1.22 bits per heavy atom. The van der Waals surface area contributed by atoms with Gasteiger partial charge in [-0.2, -0.15) is 21.6 Å². The second kappa shape index (κ2) is 4.55. The molecule has 1 aliphatic rings. The largest absolute Gasteiger partial charge is 0.416 e. The Labute approximate surface area is 103 Å². The summed E-state index contributed by atoms with van der Waals surface area (Å²) >= 11 is 0. The Balaban J connectivity index is 2.27. The molecule has 0 unspecified atom stereocenters. The molecule has 1 aliphatic carbocycles. The fourth-order valence-corrected chi connectivity index (χ4v) is 2.71. The minimum absolute atomic E-state index is 0.399. The first-order chi connectivity index (χ1) is 8.29. The topological polar surface area (TPSA) is 43.4 Å². The van der Waals surface area contributed by atoms with Gasteiger partial charge in [-0.1, -0.05) is 6.07 Å². The van der Waals surface area contributed by atoms with Gasteiger partial charge in [-0.05, 0) is 37.5 Å². The predicted molar refractivity (Wildman–Crippen MR) is 57.4 cm³/mol. The molecule has 1 aromatic carbocycles. The number of alkyl halides is 3. The highest BCUT2D eigenvalue weighted by molar-refractivity contribution is 7.86. The van der Waals surface area contributed by atoms with Crippen molar-refractivity contribution in [3.05, 3.63) is 29.8 Å². The third kappa shape index (κ3) is 2.84. The van der Waals surface area contributed by atoms with E-state index in [0.717, 1.165) is 24.6 Å². The van der Waals surface area contributed by atoms with Crippen LogP contribution >= 0.6 is 0 Å². The highest BCUT2D eigenvalue weighted by atomic mass is 32.2. The summed E-state index contributed by atoms with van der Waals surface area (Å²) in [6.45, 7) is 0. The van der Waals surface area contributed by atoms with Gasteiger partial charge < -0.3 is 0 Å². The molecule has 100 valence electrons. The van der Waals surface area contributed by atoms with Crippen LogP contribution in [0.15, 0.2) is 29.2 Å². The van der Waals surface area contributed by atoms with Crippen LogP contribution in [0.3, 0.4) is 0 Å². The van der Waals surface area contributed by atoms with E-state index in [1.54, 1.807) is 0 Å². The lowest BCUT2D eigenvalue weighted by atomic mass is 9.97. The van der Waals surface area contributed by atoms with Crippen molar-refractivity contribution in [2.24, 2.45) is 0 Å². The normalized spacial score (nSPS) is 17.5. The Bertz CT molecular complexity index is 533. The summed E-state index contributed by atoms with van der Waals surface area (Å²) < 4.78 is 65.7. The third-order valence-electron chi connectivity index (χ3n) is 2.76. The summed E-state index contributed by atoms with van der Waals surface area (Å²) in [5.74, 6) is 0. The standard InChI is InChI=1S/C11H11F3O3S/c12-11(13,14)8-3-1-6-10(7-8)18(15,16)17-9-4-2-5-9/h1,3,6-7,9H,2,4-5H2. The highest BCUT2D eigenvalue weighted by Gasteiger charge is 2.33. The first-order valence-electron chi connectivity index (χ1n) is 5.39. The van der Waals surface area contributed by atoms with Crippen molar-refractivity contribution in [3.63, 3.8) is 0 Å². The van der Waals surface area contributed by atoms with Crippen LogP contribution in [0.25, 0.3) is 0 Å². The van der Waals surface area contributed by atoms with Gasteiger partial charge in [0, 0.05) is 0 Å². The van der Waals surface area contributed by atoms with Crippen LogP contribution in [0.2, 0.25) is 0 Å². The quantitative estimate of drug-likeness (QED) is 0.799. The summed E-state index contributed by atoms with van der Waals surface area (Å²) in [7, 11) is -4.10. The molecule has 0 spiro atoms. The van der Waals surface area contributed by atoms with Gasteiger partial charge in [-0.3, -0.25) is 4.18 Å². The zero-order valence-corrected chi connectivity index (χ0v) is 10.1. The summed E-state index contributed by atoms with van der Waals surface area (Å²) in [6.07, 6.45) is -2.84. The molecule has 18 heavy (non-hydrogen) atoms. The van der Waals surface area contributed by atoms with Crippen LogP contribution < -0.4 is 0 Å². The highest BCUT2D eigenvalue weighted by Crippen LogP contribution is 2.32. The fraction of sp³-hybridized carbons (Fsp3) is 0.455. The van der Waals surface area contributed by atoms with Crippen molar-refractivity contribution in [1.82, 2.24) is 0 Å². The Morgan fingerprint density at radius 2 is 1.89 bits per heavy atom. The lowest BCUT2D eigenvalue weighted by molar-refractivity contribution is -0.137. The van der Waals surface area contributed by atoms with Crippen molar-refractivity contribution in [2.75, 3.05) is 0 Å². The summed E-state index contributed by atoms with van der Waals surface area (Å²) in [4.78, 5) is -0.454. The zero-order valence-electron chi connectivity index (χ0n) is 9.27. The minimum atomic E-state index is -4.57. The van der Waals surface area contributed by atoms with Gasteiger partial charge in [0.2, 0.25) is 0 Å². The molecule has 0 heterocycles. The molecule has 1 fully saturated rings. The van der Waals surface area contributed by atoms with E-state index < -0.39 is 32.9 Å². The van der Waals surface area contributed by atoms with E-state index in [1.165, 1.54) is 0 Å². The molecule has 0 N–H and O–H groups in total. The maximum Gasteiger partial charge on any atom is 0.416 e. The van der Waals surface area contributed by atoms with Crippen LogP contribution in [0, 0.1) is 0 Å². The number of benzene rings is 1. The SMILES string of the molecule is O=S(=O)(OC1CCC1)c1cccc(C(F)(F)F)c1. The van der Waals surface area contributed by atoms with Crippen LogP contribution in [0.4, 0.5) is 13.2 Å². The Hall–Kier alpha value is -1.08. The van der Waals surface area contributed by atoms with Gasteiger partial charge in [-0.25, -0.2) is 0 Å². The zero-order chi connectivity index (χ0) is 13.4. The summed E-state index contributed by atoms with van der Waals surface area (Å²) in [6, 6.07) is 3.57. The molecule has 0 aromatic heterocycles. The number of hydrogen-bond acceptors (Lipinski definition) is 3. The molecule has 0 amide bonds. The van der Waals surface area contributed by atoms with E-state index in [0.29, 0.717) is 18.9 Å². The molecule has 3 nitrogen and oxygen atoms in total. The van der Waals surface area contributed by atoms with E-state index >= 15 is 0 Å². The molecule has 0 aliphatic heterocycles. The number of hydrogen-bond donors (Lipinski definition) is 0. The third-order valence-corrected chi connectivity index (χ3v) is 4.12. The van der Waals surface area contributed by atoms with E-state index in [9.17, 15) is 21.6 Å². The van der Waals surface area contributed by atoms with E-state index in [1.807, 2.05) is 0 Å². The van der Waals surface area contributed by atoms with Gasteiger partial charge >= 0.3 is 6.18 Å². The molecule has 0 radical (unpaired) electrons. The van der Waals surface area contributed by atoms with Gasteiger partial charge in [0.25, 0.3) is 10.1 Å². The predicted octanol–water partition coefficient (Wildman–Crippen LogP) is 2.96. The molecule has 7 heteroatoms. The van der Waals surface area contributed by atoms with Gasteiger partial charge in [0.1, 0.15) is 0 Å². The number of halogens is 3. The van der Waals surface area contributed by atoms with Crippen LogP contribution in [-0.4, -0.2) is 14.5 Å². The average Bonchev–Trinajstić information content (AvgIpc) is 2.23. The van der Waals surface area contributed by atoms with Crippen molar-refractivity contribution < 1.29 is 25.8 Å². The second-order valence-corrected chi connectivity index (χ2v) is 5.70. The molecular formula is C11H11F3O3S. The summed E-state index contributed by atoms with van der Waals surface area (Å²) in [5, 5.41) is 0. The number of rotatable bonds is 3. The molecule has 0 bridgehead atoms. The molecule has 1 aromatic rings. The van der Waals surface area contributed by atoms with Crippen molar-refractivity contribution in [1.29, 1.82) is 0 Å². The molecular weight excluding hydrogens is 269 g/mol. The average molecular weight is 280 g/mol. The lowest BCUT2D eigenvalue weighted by Gasteiger charge is -2.24.